The average molecular weight is 510 g/mol. The van der Waals surface area contributed by atoms with Crippen molar-refractivity contribution in [1.82, 2.24) is 19.6 Å². The lowest BCUT2D eigenvalue weighted by Crippen LogP contribution is -2.22. The van der Waals surface area contributed by atoms with Crippen molar-refractivity contribution in [3.05, 3.63) is 65.6 Å². The van der Waals surface area contributed by atoms with E-state index in [4.69, 9.17) is 4.42 Å². The van der Waals surface area contributed by atoms with Crippen LogP contribution in [0.25, 0.3) is 17.0 Å². The number of fused-ring (bicyclic) bond motifs is 1. The maximum Gasteiger partial charge on any atom is 0.277 e. The molecule has 1 aliphatic rings. The maximum atomic E-state index is 13.0. The molecule has 4 aromatic rings. The summed E-state index contributed by atoms with van der Waals surface area (Å²) in [7, 11) is -2.98. The first-order valence-corrected chi connectivity index (χ1v) is 13.5. The van der Waals surface area contributed by atoms with Gasteiger partial charge in [0.25, 0.3) is 5.91 Å². The van der Waals surface area contributed by atoms with Gasteiger partial charge >= 0.3 is 0 Å². The zero-order valence-corrected chi connectivity index (χ0v) is 21.0. The van der Waals surface area contributed by atoms with Gasteiger partial charge in [0.05, 0.1) is 34.0 Å². The van der Waals surface area contributed by atoms with E-state index in [1.807, 2.05) is 19.1 Å². The molecule has 36 heavy (non-hydrogen) atoms. The third kappa shape index (κ3) is 4.89. The summed E-state index contributed by atoms with van der Waals surface area (Å²) in [5.74, 6) is 0.171. The number of aryl methyl sites for hydroxylation is 1. The minimum atomic E-state index is -2.98. The lowest BCUT2D eigenvalue weighted by molar-refractivity contribution is 0.0787. The maximum absolute atomic E-state index is 13.0. The van der Waals surface area contributed by atoms with E-state index in [2.05, 4.69) is 20.4 Å². The Kier molecular flexibility index (Phi) is 5.92. The second-order valence-electron chi connectivity index (χ2n) is 9.70. The number of carbonyl (C=O) groups excluding carboxylic acids is 1. The molecule has 2 N–H and O–H groups in total. The highest BCUT2D eigenvalue weighted by Crippen LogP contribution is 2.33. The Morgan fingerprint density at radius 2 is 1.97 bits per heavy atom. The fourth-order valence-corrected chi connectivity index (χ4v) is 5.90. The minimum Gasteiger partial charge on any atom is -0.444 e. The molecule has 0 bridgehead atoms. The Balaban J connectivity index is 1.44. The van der Waals surface area contributed by atoms with E-state index in [1.165, 1.54) is 6.26 Å². The van der Waals surface area contributed by atoms with Gasteiger partial charge < -0.3 is 14.8 Å². The van der Waals surface area contributed by atoms with Crippen molar-refractivity contribution >= 4 is 26.9 Å². The molecule has 11 heteroatoms. The van der Waals surface area contributed by atoms with E-state index in [9.17, 15) is 18.3 Å². The van der Waals surface area contributed by atoms with Gasteiger partial charge in [-0.25, -0.2) is 17.9 Å². The quantitative estimate of drug-likeness (QED) is 0.417. The van der Waals surface area contributed by atoms with Crippen molar-refractivity contribution in [1.29, 1.82) is 0 Å². The van der Waals surface area contributed by atoms with Crippen molar-refractivity contribution < 1.29 is 22.7 Å². The van der Waals surface area contributed by atoms with Gasteiger partial charge in [-0.2, -0.15) is 5.10 Å². The number of amides is 1. The van der Waals surface area contributed by atoms with Gasteiger partial charge in [-0.15, -0.1) is 0 Å². The first-order valence-electron chi connectivity index (χ1n) is 11.6. The zero-order chi connectivity index (χ0) is 25.7. The largest absolute Gasteiger partial charge is 0.444 e. The molecule has 10 nitrogen and oxygen atoms in total. The topological polar surface area (TPSA) is 140 Å². The number of hydrogen-bond donors (Lipinski definition) is 2. The van der Waals surface area contributed by atoms with Crippen LogP contribution in [0.2, 0.25) is 0 Å². The standard InChI is InChI=1S/C25H27N5O5S/c1-15-10-17(4-7-26-15)24-28-22(14-35-24)23(31)27-21-12-18-11-20(16-5-8-36(33,34)9-6-16)29-30(18)13-19(21)25(2,3)32/h4,7,10-14,16,32H,5-6,8-9H2,1-3H3,(H,27,31). The second-order valence-corrected chi connectivity index (χ2v) is 12.0. The van der Waals surface area contributed by atoms with Crippen LogP contribution in [-0.2, 0) is 15.4 Å². The molecule has 1 amide bonds. The summed E-state index contributed by atoms with van der Waals surface area (Å²) in [6, 6.07) is 7.20. The summed E-state index contributed by atoms with van der Waals surface area (Å²) >= 11 is 0. The highest BCUT2D eigenvalue weighted by molar-refractivity contribution is 7.91. The molecule has 0 saturated carbocycles. The molecule has 1 aliphatic heterocycles. The molecule has 0 aliphatic carbocycles. The number of carbonyl (C=O) groups is 1. The van der Waals surface area contributed by atoms with Crippen LogP contribution >= 0.6 is 0 Å². The SMILES string of the molecule is Cc1cc(-c2nc(C(=O)Nc3cc4cc(C5CCS(=O)(=O)CC5)nn4cc3C(C)(C)O)co2)ccn1. The van der Waals surface area contributed by atoms with E-state index in [0.29, 0.717) is 35.5 Å². The highest BCUT2D eigenvalue weighted by atomic mass is 32.2. The van der Waals surface area contributed by atoms with Crippen LogP contribution in [0.1, 0.15) is 60.0 Å². The molecule has 5 heterocycles. The molecule has 0 atom stereocenters. The first kappa shape index (κ1) is 24.1. The van der Waals surface area contributed by atoms with E-state index < -0.39 is 21.3 Å². The summed E-state index contributed by atoms with van der Waals surface area (Å²) < 4.78 is 30.8. The fraction of sp³-hybridized carbons (Fsp3) is 0.360. The first-order chi connectivity index (χ1) is 17.0. The Morgan fingerprint density at radius 3 is 2.67 bits per heavy atom. The molecule has 0 aromatic carbocycles. The summed E-state index contributed by atoms with van der Waals surface area (Å²) in [6.45, 7) is 5.10. The summed E-state index contributed by atoms with van der Waals surface area (Å²) in [5.41, 5.74) is 2.74. The number of rotatable bonds is 5. The van der Waals surface area contributed by atoms with Crippen molar-refractivity contribution in [2.24, 2.45) is 0 Å². The van der Waals surface area contributed by atoms with Crippen molar-refractivity contribution in [3.8, 4) is 11.5 Å². The normalized spacial score (nSPS) is 16.3. The minimum absolute atomic E-state index is 0.0439. The average Bonchev–Trinajstić information content (AvgIpc) is 3.45. The summed E-state index contributed by atoms with van der Waals surface area (Å²) in [6.07, 6.45) is 5.67. The van der Waals surface area contributed by atoms with Crippen LogP contribution in [0.3, 0.4) is 0 Å². The Morgan fingerprint density at radius 1 is 1.22 bits per heavy atom. The van der Waals surface area contributed by atoms with E-state index >= 15 is 0 Å². The van der Waals surface area contributed by atoms with Crippen LogP contribution in [-0.4, -0.2) is 50.5 Å². The molecule has 0 spiro atoms. The number of hydrogen-bond acceptors (Lipinski definition) is 8. The van der Waals surface area contributed by atoms with Gasteiger partial charge in [0.2, 0.25) is 5.89 Å². The number of pyridine rings is 2. The molecule has 0 radical (unpaired) electrons. The third-order valence-corrected chi connectivity index (χ3v) is 8.09. The lowest BCUT2D eigenvalue weighted by atomic mass is 9.97. The molecular formula is C25H27N5O5S. The monoisotopic (exact) mass is 509 g/mol. The fourth-order valence-electron chi connectivity index (χ4n) is 4.41. The van der Waals surface area contributed by atoms with Crippen molar-refractivity contribution in [2.45, 2.75) is 45.1 Å². The third-order valence-electron chi connectivity index (χ3n) is 6.38. The van der Waals surface area contributed by atoms with E-state index in [-0.39, 0.29) is 23.1 Å². The molecule has 1 fully saturated rings. The molecule has 188 valence electrons. The smallest absolute Gasteiger partial charge is 0.277 e. The van der Waals surface area contributed by atoms with Gasteiger partial charge in [-0.1, -0.05) is 0 Å². The van der Waals surface area contributed by atoms with Gasteiger partial charge in [-0.05, 0) is 57.9 Å². The Labute approximate surface area is 208 Å². The molecule has 0 unspecified atom stereocenters. The Bertz CT molecular complexity index is 1550. The van der Waals surface area contributed by atoms with Gasteiger partial charge in [0, 0.05) is 35.1 Å². The number of aromatic nitrogens is 4. The van der Waals surface area contributed by atoms with Crippen LogP contribution < -0.4 is 5.32 Å². The van der Waals surface area contributed by atoms with E-state index in [1.54, 1.807) is 42.9 Å². The van der Waals surface area contributed by atoms with Crippen LogP contribution in [0, 0.1) is 6.92 Å². The second kappa shape index (κ2) is 8.82. The van der Waals surface area contributed by atoms with E-state index in [0.717, 1.165) is 16.9 Å². The van der Waals surface area contributed by atoms with Crippen LogP contribution in [0.15, 0.2) is 47.3 Å². The predicted molar refractivity (Wildman–Crippen MR) is 133 cm³/mol. The predicted octanol–water partition coefficient (Wildman–Crippen LogP) is 3.46. The number of sulfone groups is 1. The van der Waals surface area contributed by atoms with Crippen molar-refractivity contribution in [2.75, 3.05) is 16.8 Å². The highest BCUT2D eigenvalue weighted by Gasteiger charge is 2.28. The number of nitrogens with zero attached hydrogens (tertiary/aromatic N) is 4. The summed E-state index contributed by atoms with van der Waals surface area (Å²) in [4.78, 5) is 21.5. The van der Waals surface area contributed by atoms with Crippen LogP contribution in [0.5, 0.6) is 0 Å². The number of oxazole rings is 1. The van der Waals surface area contributed by atoms with Gasteiger partial charge in [-0.3, -0.25) is 9.78 Å². The summed E-state index contributed by atoms with van der Waals surface area (Å²) in [5, 5.41) is 18.3. The van der Waals surface area contributed by atoms with Crippen LogP contribution in [0.4, 0.5) is 5.69 Å². The number of aliphatic hydroxyl groups is 1. The molecule has 1 saturated heterocycles. The lowest BCUT2D eigenvalue weighted by Gasteiger charge is -2.22. The molecule has 5 rings (SSSR count). The number of nitrogens with one attached hydrogen (secondary N) is 1. The molecule has 4 aromatic heterocycles. The number of anilines is 1. The van der Waals surface area contributed by atoms with Gasteiger partial charge in [0.1, 0.15) is 16.1 Å². The molecular weight excluding hydrogens is 482 g/mol. The zero-order valence-electron chi connectivity index (χ0n) is 20.2. The Hall–Kier alpha value is -3.57. The van der Waals surface area contributed by atoms with Gasteiger partial charge in [0.15, 0.2) is 5.69 Å². The van der Waals surface area contributed by atoms with Crippen molar-refractivity contribution in [3.63, 3.8) is 0 Å².